The fourth-order valence-corrected chi connectivity index (χ4v) is 0.897. The molecular weight excluding hydrogens is 163 g/mol. The summed E-state index contributed by atoms with van der Waals surface area (Å²) in [7, 11) is -1.31. The molecule has 0 amide bonds. The number of nitrogens with zero attached hydrogens (tertiary/aromatic N) is 1. The largest absolute Gasteiger partial charge is 0.297 e. The summed E-state index contributed by atoms with van der Waals surface area (Å²) in [5.41, 5.74) is 0.677. The maximum absolute atomic E-state index is 10.1. The molecule has 0 aliphatic heterocycles. The van der Waals surface area contributed by atoms with Crippen molar-refractivity contribution in [1.29, 1.82) is 0 Å². The highest BCUT2D eigenvalue weighted by atomic mass is 31.1. The number of hydrogen-bond acceptors (Lipinski definition) is 4. The first kappa shape index (κ1) is 8.27. The Morgan fingerprint density at radius 1 is 1.36 bits per heavy atom. The molecule has 0 aromatic heterocycles. The van der Waals surface area contributed by atoms with E-state index in [1.54, 1.807) is 12.1 Å². The molecule has 1 aromatic rings. The third-order valence-corrected chi connectivity index (χ3v) is 1.48. The Balaban J connectivity index is 2.68. The van der Waals surface area contributed by atoms with Gasteiger partial charge in [0.2, 0.25) is 8.69 Å². The molecule has 60 valence electrons. The maximum Gasteiger partial charge on any atom is 0.208 e. The highest BCUT2D eigenvalue weighted by Gasteiger charge is 1.96. The van der Waals surface area contributed by atoms with Gasteiger partial charge in [0.1, 0.15) is 0 Å². The molecule has 0 saturated carbocycles. The number of anilines is 1. The van der Waals surface area contributed by atoms with Gasteiger partial charge in [-0.3, -0.25) is 4.57 Å². The van der Waals surface area contributed by atoms with Gasteiger partial charge in [0.25, 0.3) is 0 Å². The first-order valence-corrected chi connectivity index (χ1v) is 3.99. The van der Waals surface area contributed by atoms with Crippen LogP contribution >= 0.6 is 8.69 Å². The van der Waals surface area contributed by atoms with Crippen LogP contribution in [0.15, 0.2) is 30.3 Å². The topological polar surface area (TPSA) is 55.6 Å². The minimum absolute atomic E-state index is 0.677. The van der Waals surface area contributed by atoms with Gasteiger partial charge in [-0.05, 0) is 12.1 Å². The zero-order chi connectivity index (χ0) is 8.10. The molecule has 0 bridgehead atoms. The van der Waals surface area contributed by atoms with Gasteiger partial charge in [0.05, 0.1) is 5.69 Å². The van der Waals surface area contributed by atoms with Crippen LogP contribution in [0.25, 0.3) is 0 Å². The Labute approximate surface area is 65.8 Å². The monoisotopic (exact) mass is 172 g/mol. The van der Waals surface area contributed by atoms with Gasteiger partial charge in [0.15, 0.2) is 0 Å². The van der Waals surface area contributed by atoms with Crippen molar-refractivity contribution in [2.24, 2.45) is 5.84 Å². The van der Waals surface area contributed by atoms with E-state index in [0.29, 0.717) is 5.69 Å². The number of nitrogens with two attached hydrogens (primary N) is 1. The molecule has 0 aliphatic rings. The van der Waals surface area contributed by atoms with E-state index in [-0.39, 0.29) is 0 Å². The molecule has 0 aliphatic carbocycles. The summed E-state index contributed by atoms with van der Waals surface area (Å²) >= 11 is 0. The Morgan fingerprint density at radius 2 is 2.00 bits per heavy atom. The Hall–Kier alpha value is -0.830. The van der Waals surface area contributed by atoms with Gasteiger partial charge in [-0.15, -0.1) is 0 Å². The summed E-state index contributed by atoms with van der Waals surface area (Å²) in [6, 6.07) is 9.02. The number of benzene rings is 1. The number of rotatable bonds is 3. The van der Waals surface area contributed by atoms with Crippen LogP contribution in [0.1, 0.15) is 0 Å². The molecule has 0 spiro atoms. The van der Waals surface area contributed by atoms with Crippen LogP contribution in [0, 0.1) is 0 Å². The van der Waals surface area contributed by atoms with Crippen LogP contribution in [-0.4, -0.2) is 0 Å². The molecule has 4 nitrogen and oxygen atoms in total. The van der Waals surface area contributed by atoms with E-state index in [1.807, 2.05) is 18.2 Å². The van der Waals surface area contributed by atoms with Gasteiger partial charge >= 0.3 is 0 Å². The van der Waals surface area contributed by atoms with Gasteiger partial charge in [-0.2, -0.15) is 5.17 Å². The lowest BCUT2D eigenvalue weighted by Gasteiger charge is -2.12. The summed E-state index contributed by atoms with van der Waals surface area (Å²) < 4.78 is 14.6. The molecule has 1 unspecified atom stereocenters. The lowest BCUT2D eigenvalue weighted by atomic mass is 10.3. The van der Waals surface area contributed by atoms with Crippen molar-refractivity contribution >= 4 is 14.4 Å². The highest BCUT2D eigenvalue weighted by Crippen LogP contribution is 2.12. The molecule has 1 atom stereocenters. The number of hydrogen-bond donors (Lipinski definition) is 1. The predicted octanol–water partition coefficient (Wildman–Crippen LogP) is 0.970. The normalized spacial score (nSPS) is 10.6. The minimum atomic E-state index is -1.31. The fourth-order valence-electron chi connectivity index (χ4n) is 0.682. The molecule has 2 N–H and O–H groups in total. The molecule has 0 heterocycles. The molecule has 0 saturated heterocycles. The zero-order valence-electron chi connectivity index (χ0n) is 5.81. The van der Waals surface area contributed by atoms with Gasteiger partial charge < -0.3 is 0 Å². The van der Waals surface area contributed by atoms with Crippen molar-refractivity contribution in [2.75, 3.05) is 5.17 Å². The molecule has 5 heteroatoms. The quantitative estimate of drug-likeness (QED) is 0.419. The van der Waals surface area contributed by atoms with Crippen molar-refractivity contribution < 1.29 is 9.19 Å². The first-order valence-electron chi connectivity index (χ1n) is 3.05. The third kappa shape index (κ3) is 2.35. The van der Waals surface area contributed by atoms with Crippen molar-refractivity contribution in [1.82, 2.24) is 0 Å². The molecule has 11 heavy (non-hydrogen) atoms. The maximum atomic E-state index is 10.1. The van der Waals surface area contributed by atoms with Crippen LogP contribution in [-0.2, 0) is 9.19 Å². The third-order valence-electron chi connectivity index (χ3n) is 1.17. The van der Waals surface area contributed by atoms with E-state index < -0.39 is 8.69 Å². The van der Waals surface area contributed by atoms with Crippen LogP contribution in [0.3, 0.4) is 0 Å². The molecular formula is C6H9N2O2P. The van der Waals surface area contributed by atoms with Gasteiger partial charge in [-0.25, -0.2) is 10.5 Å². The van der Waals surface area contributed by atoms with Crippen molar-refractivity contribution in [3.63, 3.8) is 0 Å². The number of para-hydroxylation sites is 1. The zero-order valence-corrected chi connectivity index (χ0v) is 6.96. The van der Waals surface area contributed by atoms with Crippen LogP contribution in [0.4, 0.5) is 5.69 Å². The van der Waals surface area contributed by atoms with E-state index in [2.05, 4.69) is 4.62 Å². The van der Waals surface area contributed by atoms with Gasteiger partial charge in [0, 0.05) is 0 Å². The molecule has 1 aromatic carbocycles. The average Bonchev–Trinajstić information content (AvgIpc) is 2.07. The van der Waals surface area contributed by atoms with E-state index in [1.165, 1.54) is 0 Å². The summed E-state index contributed by atoms with van der Waals surface area (Å²) in [5.74, 6) is 5.34. The van der Waals surface area contributed by atoms with Crippen LogP contribution in [0.2, 0.25) is 0 Å². The average molecular weight is 172 g/mol. The molecule has 1 rings (SSSR count). The van der Waals surface area contributed by atoms with Crippen molar-refractivity contribution in [2.45, 2.75) is 0 Å². The van der Waals surface area contributed by atoms with E-state index in [0.717, 1.165) is 5.17 Å². The standard InChI is InChI=1S/C6H9N2O2P/c7-8(10-11-9)6-4-2-1-3-5-6/h1-5H,7,11H2. The number of hydrazine groups is 1. The smallest absolute Gasteiger partial charge is 0.208 e. The van der Waals surface area contributed by atoms with Crippen molar-refractivity contribution in [3.05, 3.63) is 30.3 Å². The Kier molecular flexibility index (Phi) is 3.11. The van der Waals surface area contributed by atoms with E-state index in [4.69, 9.17) is 5.84 Å². The SMILES string of the molecule is NN(O[PH2]=O)c1ccccc1. The summed E-state index contributed by atoms with van der Waals surface area (Å²) in [6.07, 6.45) is 0. The predicted molar refractivity (Wildman–Crippen MR) is 44.6 cm³/mol. The van der Waals surface area contributed by atoms with Crippen LogP contribution < -0.4 is 11.0 Å². The lowest BCUT2D eigenvalue weighted by Crippen LogP contribution is -2.27. The highest BCUT2D eigenvalue weighted by molar-refractivity contribution is 7.17. The first-order chi connectivity index (χ1) is 5.34. The lowest BCUT2D eigenvalue weighted by molar-refractivity contribution is 0.308. The second-order valence-electron chi connectivity index (χ2n) is 1.86. The van der Waals surface area contributed by atoms with Crippen LogP contribution in [0.5, 0.6) is 0 Å². The molecule has 0 radical (unpaired) electrons. The Bertz CT molecular complexity index is 229. The minimum Gasteiger partial charge on any atom is -0.297 e. The molecule has 0 fully saturated rings. The summed E-state index contributed by atoms with van der Waals surface area (Å²) in [5, 5.41) is 0.988. The second kappa shape index (κ2) is 4.13. The van der Waals surface area contributed by atoms with Gasteiger partial charge in [-0.1, -0.05) is 18.2 Å². The van der Waals surface area contributed by atoms with E-state index >= 15 is 0 Å². The second-order valence-corrected chi connectivity index (χ2v) is 2.27. The summed E-state index contributed by atoms with van der Waals surface area (Å²) in [6.45, 7) is 0. The summed E-state index contributed by atoms with van der Waals surface area (Å²) in [4.78, 5) is 0. The van der Waals surface area contributed by atoms with Crippen molar-refractivity contribution in [3.8, 4) is 0 Å². The Morgan fingerprint density at radius 3 is 2.55 bits per heavy atom. The van der Waals surface area contributed by atoms with E-state index in [9.17, 15) is 4.57 Å². The fraction of sp³-hybridized carbons (Fsp3) is 0.